The standard InChI is InChI=1S/C18H27N5O2/c1-13(24)12-21-8-10-22(11-9-21)18(25)5-4-16-14(2)20-17-6-7-19-23(17)15(16)3/h6-7,13,24H,4-5,8-12H2,1-3H3/t13-/m1/s1. The third kappa shape index (κ3) is 3.99. The molecule has 25 heavy (non-hydrogen) atoms. The number of amides is 1. The molecule has 0 unspecified atom stereocenters. The molecule has 1 saturated heterocycles. The number of carbonyl (C=O) groups is 1. The lowest BCUT2D eigenvalue weighted by atomic mass is 10.1. The number of aromatic nitrogens is 3. The third-order valence-corrected chi connectivity index (χ3v) is 4.93. The number of hydrogen-bond acceptors (Lipinski definition) is 5. The molecule has 2 aromatic rings. The molecule has 1 amide bonds. The zero-order valence-electron chi connectivity index (χ0n) is 15.3. The molecule has 1 aliphatic rings. The van der Waals surface area contributed by atoms with Crippen LogP contribution in [-0.2, 0) is 11.2 Å². The molecule has 0 radical (unpaired) electrons. The van der Waals surface area contributed by atoms with E-state index in [9.17, 15) is 9.90 Å². The first-order chi connectivity index (χ1) is 12.0. The van der Waals surface area contributed by atoms with E-state index in [1.807, 2.05) is 29.3 Å². The number of rotatable bonds is 5. The molecule has 1 fully saturated rings. The lowest BCUT2D eigenvalue weighted by molar-refractivity contribution is -0.133. The second kappa shape index (κ2) is 7.49. The van der Waals surface area contributed by atoms with Gasteiger partial charge in [0.25, 0.3) is 0 Å². The Hall–Kier alpha value is -1.99. The lowest BCUT2D eigenvalue weighted by Gasteiger charge is -2.35. The number of carbonyl (C=O) groups excluding carboxylic acids is 1. The Bertz CT molecular complexity index is 747. The van der Waals surface area contributed by atoms with Crippen LogP contribution in [0, 0.1) is 13.8 Å². The average molecular weight is 345 g/mol. The van der Waals surface area contributed by atoms with Crippen LogP contribution >= 0.6 is 0 Å². The van der Waals surface area contributed by atoms with Gasteiger partial charge in [-0.1, -0.05) is 0 Å². The van der Waals surface area contributed by atoms with Crippen molar-refractivity contribution in [3.63, 3.8) is 0 Å². The van der Waals surface area contributed by atoms with E-state index < -0.39 is 0 Å². The van der Waals surface area contributed by atoms with Crippen LogP contribution < -0.4 is 0 Å². The minimum Gasteiger partial charge on any atom is -0.392 e. The largest absolute Gasteiger partial charge is 0.392 e. The molecule has 136 valence electrons. The monoisotopic (exact) mass is 345 g/mol. The van der Waals surface area contributed by atoms with Crippen LogP contribution in [0.1, 0.15) is 30.3 Å². The van der Waals surface area contributed by atoms with Gasteiger partial charge in [-0.05, 0) is 32.8 Å². The van der Waals surface area contributed by atoms with Gasteiger partial charge in [-0.3, -0.25) is 9.69 Å². The minimum absolute atomic E-state index is 0.191. The van der Waals surface area contributed by atoms with Crippen LogP contribution in [0.5, 0.6) is 0 Å². The Balaban J connectivity index is 1.58. The number of hydrogen-bond donors (Lipinski definition) is 1. The van der Waals surface area contributed by atoms with Crippen molar-refractivity contribution < 1.29 is 9.90 Å². The fourth-order valence-electron chi connectivity index (χ4n) is 3.57. The number of aliphatic hydroxyl groups excluding tert-OH is 1. The van der Waals surface area contributed by atoms with E-state index in [-0.39, 0.29) is 12.0 Å². The summed E-state index contributed by atoms with van der Waals surface area (Å²) in [5.74, 6) is 0.191. The van der Waals surface area contributed by atoms with E-state index in [0.29, 0.717) is 19.4 Å². The SMILES string of the molecule is Cc1nc2ccnn2c(C)c1CCC(=O)N1CCN(C[C@@H](C)O)CC1. The Morgan fingerprint density at radius 1 is 1.28 bits per heavy atom. The van der Waals surface area contributed by atoms with Crippen molar-refractivity contribution in [3.8, 4) is 0 Å². The summed E-state index contributed by atoms with van der Waals surface area (Å²) in [6, 6.07) is 1.89. The molecule has 7 nitrogen and oxygen atoms in total. The third-order valence-electron chi connectivity index (χ3n) is 4.93. The molecule has 1 aliphatic heterocycles. The van der Waals surface area contributed by atoms with Gasteiger partial charge in [0.05, 0.1) is 12.3 Å². The van der Waals surface area contributed by atoms with Gasteiger partial charge in [0.2, 0.25) is 5.91 Å². The fourth-order valence-corrected chi connectivity index (χ4v) is 3.57. The Kier molecular flexibility index (Phi) is 5.34. The summed E-state index contributed by atoms with van der Waals surface area (Å²) >= 11 is 0. The molecule has 0 aliphatic carbocycles. The summed E-state index contributed by atoms with van der Waals surface area (Å²) in [4.78, 5) is 21.3. The van der Waals surface area contributed by atoms with Crippen LogP contribution in [-0.4, -0.2) is 74.2 Å². The summed E-state index contributed by atoms with van der Waals surface area (Å²) < 4.78 is 1.83. The van der Waals surface area contributed by atoms with Gasteiger partial charge in [-0.2, -0.15) is 5.10 Å². The second-order valence-electron chi connectivity index (χ2n) is 6.89. The van der Waals surface area contributed by atoms with Gasteiger partial charge in [-0.15, -0.1) is 0 Å². The summed E-state index contributed by atoms with van der Waals surface area (Å²) in [6.07, 6.45) is 2.61. The highest BCUT2D eigenvalue weighted by molar-refractivity contribution is 5.76. The average Bonchev–Trinajstić information content (AvgIpc) is 3.03. The molecule has 0 aromatic carbocycles. The van der Waals surface area contributed by atoms with Gasteiger partial charge in [0, 0.05) is 56.6 Å². The summed E-state index contributed by atoms with van der Waals surface area (Å²) in [5, 5.41) is 13.8. The quantitative estimate of drug-likeness (QED) is 0.868. The van der Waals surface area contributed by atoms with E-state index in [2.05, 4.69) is 15.0 Å². The predicted molar refractivity (Wildman–Crippen MR) is 95.5 cm³/mol. The number of aliphatic hydroxyl groups is 1. The van der Waals surface area contributed by atoms with Crippen molar-refractivity contribution in [1.82, 2.24) is 24.4 Å². The molecular weight excluding hydrogens is 318 g/mol. The molecule has 0 bridgehead atoms. The zero-order valence-corrected chi connectivity index (χ0v) is 15.3. The van der Waals surface area contributed by atoms with E-state index in [1.54, 1.807) is 13.1 Å². The predicted octanol–water partition coefficient (Wildman–Crippen LogP) is 0.804. The summed E-state index contributed by atoms with van der Waals surface area (Å²) in [7, 11) is 0. The topological polar surface area (TPSA) is 74.0 Å². The van der Waals surface area contributed by atoms with E-state index >= 15 is 0 Å². The molecule has 7 heteroatoms. The lowest BCUT2D eigenvalue weighted by Crippen LogP contribution is -2.50. The van der Waals surface area contributed by atoms with Crippen molar-refractivity contribution in [3.05, 3.63) is 29.2 Å². The van der Waals surface area contributed by atoms with Crippen molar-refractivity contribution in [2.75, 3.05) is 32.7 Å². The number of nitrogens with zero attached hydrogens (tertiary/aromatic N) is 5. The molecular formula is C18H27N5O2. The number of piperazine rings is 1. The van der Waals surface area contributed by atoms with Crippen LogP contribution in [0.25, 0.3) is 5.65 Å². The van der Waals surface area contributed by atoms with Crippen molar-refractivity contribution in [2.24, 2.45) is 0 Å². The maximum absolute atomic E-state index is 12.6. The maximum atomic E-state index is 12.6. The Morgan fingerprint density at radius 3 is 2.68 bits per heavy atom. The van der Waals surface area contributed by atoms with Crippen molar-refractivity contribution in [2.45, 2.75) is 39.7 Å². The Labute approximate surface area is 148 Å². The van der Waals surface area contributed by atoms with Crippen LogP contribution in [0.3, 0.4) is 0 Å². The van der Waals surface area contributed by atoms with Crippen molar-refractivity contribution >= 4 is 11.6 Å². The highest BCUT2D eigenvalue weighted by atomic mass is 16.3. The minimum atomic E-state index is -0.321. The normalized spacial score (nSPS) is 17.2. The molecule has 3 rings (SSSR count). The van der Waals surface area contributed by atoms with Crippen LogP contribution in [0.4, 0.5) is 0 Å². The molecule has 1 atom stereocenters. The highest BCUT2D eigenvalue weighted by Gasteiger charge is 2.22. The number of aryl methyl sites for hydroxylation is 2. The van der Waals surface area contributed by atoms with Gasteiger partial charge < -0.3 is 10.0 Å². The first-order valence-electron chi connectivity index (χ1n) is 8.93. The van der Waals surface area contributed by atoms with Crippen molar-refractivity contribution in [1.29, 1.82) is 0 Å². The zero-order chi connectivity index (χ0) is 18.0. The first-order valence-corrected chi connectivity index (χ1v) is 8.93. The Morgan fingerprint density at radius 2 is 2.00 bits per heavy atom. The van der Waals surface area contributed by atoms with E-state index in [4.69, 9.17) is 0 Å². The summed E-state index contributed by atoms with van der Waals surface area (Å²) in [5.41, 5.74) is 3.98. The van der Waals surface area contributed by atoms with Gasteiger partial charge in [0.1, 0.15) is 0 Å². The van der Waals surface area contributed by atoms with Crippen LogP contribution in [0.15, 0.2) is 12.3 Å². The first kappa shape index (κ1) is 17.8. The van der Waals surface area contributed by atoms with E-state index in [0.717, 1.165) is 48.8 Å². The molecule has 0 spiro atoms. The van der Waals surface area contributed by atoms with E-state index in [1.165, 1.54) is 0 Å². The maximum Gasteiger partial charge on any atom is 0.222 e. The number of fused-ring (bicyclic) bond motifs is 1. The smallest absolute Gasteiger partial charge is 0.222 e. The van der Waals surface area contributed by atoms with Gasteiger partial charge in [-0.25, -0.2) is 9.50 Å². The molecule has 2 aromatic heterocycles. The fraction of sp³-hybridized carbons (Fsp3) is 0.611. The summed E-state index contributed by atoms with van der Waals surface area (Å²) in [6.45, 7) is 9.63. The highest BCUT2D eigenvalue weighted by Crippen LogP contribution is 2.17. The van der Waals surface area contributed by atoms with Gasteiger partial charge in [0.15, 0.2) is 5.65 Å². The van der Waals surface area contributed by atoms with Crippen LogP contribution in [0.2, 0.25) is 0 Å². The number of β-amino-alcohol motifs (C(OH)–C–C–N with tert-alkyl or cyclic N) is 1. The van der Waals surface area contributed by atoms with Gasteiger partial charge >= 0.3 is 0 Å². The molecule has 0 saturated carbocycles. The molecule has 3 heterocycles. The molecule has 1 N–H and O–H groups in total. The second-order valence-corrected chi connectivity index (χ2v) is 6.89.